The highest BCUT2D eigenvalue weighted by molar-refractivity contribution is 6.00. The average molecular weight is 692 g/mol. The number of ether oxygens (including phenoxy) is 2. The van der Waals surface area contributed by atoms with Gasteiger partial charge in [-0.1, -0.05) is 12.1 Å². The van der Waals surface area contributed by atoms with Gasteiger partial charge in [0, 0.05) is 23.5 Å². The Morgan fingerprint density at radius 1 is 0.826 bits per heavy atom. The number of nitro groups is 1. The smallest absolute Gasteiger partial charge is 0.460 e. The van der Waals surface area contributed by atoms with E-state index in [4.69, 9.17) is 4.74 Å². The number of halogens is 13. The van der Waals surface area contributed by atoms with Crippen LogP contribution in [-0.2, 0) is 19.1 Å². The first-order chi connectivity index (χ1) is 20.6. The van der Waals surface area contributed by atoms with Crippen molar-refractivity contribution in [3.05, 3.63) is 62.5 Å². The molecule has 0 fully saturated rings. The second-order valence-corrected chi connectivity index (χ2v) is 10.0. The molecule has 0 amide bonds. The Hall–Kier alpha value is -4.07. The van der Waals surface area contributed by atoms with E-state index in [0.29, 0.717) is 0 Å². The number of carbonyl (C=O) groups is 2. The summed E-state index contributed by atoms with van der Waals surface area (Å²) in [6.45, 7) is 1.68. The lowest BCUT2D eigenvalue weighted by Crippen LogP contribution is -2.70. The summed E-state index contributed by atoms with van der Waals surface area (Å²) >= 11 is 0. The largest absolute Gasteiger partial charge is 0.460 e. The molecule has 258 valence electrons. The van der Waals surface area contributed by atoms with Gasteiger partial charge in [-0.3, -0.25) is 10.1 Å². The summed E-state index contributed by atoms with van der Waals surface area (Å²) in [5.41, 5.74) is -2.95. The fourth-order valence-electron chi connectivity index (χ4n) is 4.09. The van der Waals surface area contributed by atoms with E-state index in [0.717, 1.165) is 31.2 Å². The van der Waals surface area contributed by atoms with Gasteiger partial charge in [0.2, 0.25) is 0 Å². The van der Waals surface area contributed by atoms with Crippen LogP contribution < -0.4 is 5.32 Å². The molecule has 1 aliphatic rings. The number of nitro benzene ring substituents is 1. The Balaban J connectivity index is 2.59. The van der Waals surface area contributed by atoms with E-state index in [9.17, 15) is 76.8 Å². The molecule has 0 saturated carbocycles. The predicted molar refractivity (Wildman–Crippen MR) is 127 cm³/mol. The minimum absolute atomic E-state index is 0.0967. The van der Waals surface area contributed by atoms with Crippen molar-refractivity contribution in [1.82, 2.24) is 5.32 Å². The standard InChI is InChI=1S/C25H21F13N2O6/c1-10(2)46-19(42)16-12(4)39-11(3)15(17(16)13-6-5-7-14(8-13)40(43)44)18(41)45-9-20(26,27)21(28,29)22(30,31)23(32,33)24(34,35)25(36,37)38/h5-8,10,17,39H,9H2,1-4H3. The first kappa shape index (κ1) is 38.1. The summed E-state index contributed by atoms with van der Waals surface area (Å²) in [5, 5.41) is 13.8. The first-order valence-corrected chi connectivity index (χ1v) is 12.3. The summed E-state index contributed by atoms with van der Waals surface area (Å²) < 4.78 is 184. The van der Waals surface area contributed by atoms with Gasteiger partial charge in [0.15, 0.2) is 6.61 Å². The van der Waals surface area contributed by atoms with E-state index >= 15 is 0 Å². The van der Waals surface area contributed by atoms with Crippen LogP contribution in [0.3, 0.4) is 0 Å². The molecule has 0 aliphatic carbocycles. The lowest BCUT2D eigenvalue weighted by Gasteiger charge is -2.39. The highest BCUT2D eigenvalue weighted by Crippen LogP contribution is 2.60. The van der Waals surface area contributed by atoms with Crippen LogP contribution in [0.25, 0.3) is 0 Å². The Kier molecular flexibility index (Phi) is 10.2. The normalized spacial score (nSPS) is 17.2. The molecule has 46 heavy (non-hydrogen) atoms. The topological polar surface area (TPSA) is 108 Å². The Bertz CT molecular complexity index is 1450. The Labute approximate surface area is 249 Å². The van der Waals surface area contributed by atoms with Gasteiger partial charge in [-0.2, -0.15) is 57.1 Å². The highest BCUT2D eigenvalue weighted by atomic mass is 19.4. The van der Waals surface area contributed by atoms with Crippen LogP contribution in [0, 0.1) is 10.1 Å². The van der Waals surface area contributed by atoms with Gasteiger partial charge in [0.1, 0.15) is 0 Å². The molecule has 1 atom stereocenters. The van der Waals surface area contributed by atoms with Crippen LogP contribution in [0.4, 0.5) is 62.8 Å². The molecule has 1 heterocycles. The van der Waals surface area contributed by atoms with E-state index in [1.165, 1.54) is 20.8 Å². The molecule has 1 N–H and O–H groups in total. The number of rotatable bonds is 11. The molecule has 0 bridgehead atoms. The highest BCUT2D eigenvalue weighted by Gasteiger charge is 2.90. The van der Waals surface area contributed by atoms with Crippen molar-refractivity contribution in [2.75, 3.05) is 6.61 Å². The SMILES string of the molecule is CC1=C(C(=O)OCC(F)(F)C(F)(F)C(F)(F)C(F)(F)C(F)(F)C(F)(F)F)C(c2cccc([N+](=O)[O-])c2)C(C(=O)OC(C)C)=C(C)N1. The summed E-state index contributed by atoms with van der Waals surface area (Å²) in [7, 11) is 0. The second kappa shape index (κ2) is 12.3. The van der Waals surface area contributed by atoms with E-state index < -0.39 is 93.8 Å². The molecule has 0 radical (unpaired) electrons. The number of hydrogen-bond acceptors (Lipinski definition) is 7. The fraction of sp³-hybridized carbons (Fsp3) is 0.520. The van der Waals surface area contributed by atoms with Crippen molar-refractivity contribution in [2.24, 2.45) is 0 Å². The van der Waals surface area contributed by atoms with Gasteiger partial charge in [0.25, 0.3) is 5.69 Å². The second-order valence-electron chi connectivity index (χ2n) is 10.0. The van der Waals surface area contributed by atoms with Crippen molar-refractivity contribution in [1.29, 1.82) is 0 Å². The van der Waals surface area contributed by atoms with Gasteiger partial charge in [-0.15, -0.1) is 0 Å². The van der Waals surface area contributed by atoms with Crippen LogP contribution in [0.1, 0.15) is 39.2 Å². The predicted octanol–water partition coefficient (Wildman–Crippen LogP) is 7.06. The number of dihydropyridines is 1. The molecular weight excluding hydrogens is 671 g/mol. The van der Waals surface area contributed by atoms with Gasteiger partial charge in [0.05, 0.1) is 28.1 Å². The third-order valence-corrected chi connectivity index (χ3v) is 6.34. The summed E-state index contributed by atoms with van der Waals surface area (Å²) in [4.78, 5) is 36.4. The number of carbonyl (C=O) groups excluding carboxylic acids is 2. The lowest BCUT2D eigenvalue weighted by molar-refractivity contribution is -0.441. The minimum Gasteiger partial charge on any atom is -0.460 e. The third-order valence-electron chi connectivity index (χ3n) is 6.34. The van der Waals surface area contributed by atoms with Gasteiger partial charge in [-0.25, -0.2) is 9.59 Å². The molecule has 2 rings (SSSR count). The summed E-state index contributed by atoms with van der Waals surface area (Å²) in [6.07, 6.45) is -8.44. The molecule has 1 unspecified atom stereocenters. The number of nitrogens with one attached hydrogen (secondary N) is 1. The molecule has 0 aromatic heterocycles. The van der Waals surface area contributed by atoms with Crippen molar-refractivity contribution in [3.63, 3.8) is 0 Å². The summed E-state index contributed by atoms with van der Waals surface area (Å²) in [5.74, 6) is -43.8. The minimum atomic E-state index is -8.15. The van der Waals surface area contributed by atoms with E-state index in [2.05, 4.69) is 10.1 Å². The van der Waals surface area contributed by atoms with Crippen LogP contribution >= 0.6 is 0 Å². The van der Waals surface area contributed by atoms with Crippen molar-refractivity contribution in [3.8, 4) is 0 Å². The van der Waals surface area contributed by atoms with E-state index in [-0.39, 0.29) is 11.3 Å². The molecule has 1 aromatic rings. The number of hydrogen-bond donors (Lipinski definition) is 1. The first-order valence-electron chi connectivity index (χ1n) is 12.3. The zero-order chi connectivity index (χ0) is 36.0. The van der Waals surface area contributed by atoms with Crippen molar-refractivity contribution in [2.45, 2.75) is 75.5 Å². The Morgan fingerprint density at radius 2 is 1.30 bits per heavy atom. The molecule has 0 saturated heterocycles. The molecule has 8 nitrogen and oxygen atoms in total. The maximum absolute atomic E-state index is 14.4. The van der Waals surface area contributed by atoms with E-state index in [1.54, 1.807) is 0 Å². The van der Waals surface area contributed by atoms with Crippen LogP contribution in [0.2, 0.25) is 0 Å². The average Bonchev–Trinajstić information content (AvgIpc) is 2.89. The fourth-order valence-corrected chi connectivity index (χ4v) is 4.09. The number of allylic oxidation sites excluding steroid dienone is 2. The number of benzene rings is 1. The number of alkyl halides is 13. The number of nitrogens with zero attached hydrogens (tertiary/aromatic N) is 1. The molecule has 1 aromatic carbocycles. The zero-order valence-corrected chi connectivity index (χ0v) is 23.5. The Morgan fingerprint density at radius 3 is 1.76 bits per heavy atom. The maximum Gasteiger partial charge on any atom is 0.460 e. The zero-order valence-electron chi connectivity index (χ0n) is 23.5. The van der Waals surface area contributed by atoms with Crippen molar-refractivity contribution >= 4 is 17.6 Å². The van der Waals surface area contributed by atoms with Crippen LogP contribution in [0.15, 0.2) is 46.8 Å². The third kappa shape index (κ3) is 6.44. The van der Waals surface area contributed by atoms with Gasteiger partial charge < -0.3 is 14.8 Å². The maximum atomic E-state index is 14.4. The van der Waals surface area contributed by atoms with Gasteiger partial charge >= 0.3 is 47.7 Å². The van der Waals surface area contributed by atoms with Crippen molar-refractivity contribution < 1.29 is 81.1 Å². The van der Waals surface area contributed by atoms with Crippen LogP contribution in [-0.4, -0.2) is 65.4 Å². The molecular formula is C25H21F13N2O6. The quantitative estimate of drug-likeness (QED) is 0.115. The van der Waals surface area contributed by atoms with Crippen LogP contribution in [0.5, 0.6) is 0 Å². The molecule has 0 spiro atoms. The molecule has 1 aliphatic heterocycles. The van der Waals surface area contributed by atoms with E-state index in [1.807, 2.05) is 0 Å². The van der Waals surface area contributed by atoms with Gasteiger partial charge in [-0.05, 0) is 33.3 Å². The number of esters is 2. The summed E-state index contributed by atoms with van der Waals surface area (Å²) in [6, 6.07) is 3.86. The lowest BCUT2D eigenvalue weighted by atomic mass is 9.80. The monoisotopic (exact) mass is 692 g/mol. The number of non-ortho nitro benzene ring substituents is 1. The molecule has 21 heteroatoms.